The third-order valence-electron chi connectivity index (χ3n) is 2.90. The number of Topliss-reactive ketones (excluding diaryl/α,β-unsaturated/α-hetero) is 1. The lowest BCUT2D eigenvalue weighted by Gasteiger charge is -2.18. The Morgan fingerprint density at radius 1 is 1.31 bits per heavy atom. The van der Waals surface area contributed by atoms with Crippen LogP contribution in [0.4, 0.5) is 0 Å². The van der Waals surface area contributed by atoms with Crippen LogP contribution in [-0.4, -0.2) is 12.4 Å². The van der Waals surface area contributed by atoms with E-state index in [0.717, 1.165) is 11.1 Å². The molecular formula is C14H20O2. The molecule has 0 aliphatic heterocycles. The Balaban J connectivity index is 3.10. The van der Waals surface area contributed by atoms with Gasteiger partial charge < -0.3 is 4.74 Å². The molecule has 0 aromatic heterocycles. The molecule has 0 N–H and O–H groups in total. The highest BCUT2D eigenvalue weighted by molar-refractivity contribution is 5.84. The second-order valence-corrected chi connectivity index (χ2v) is 3.94. The van der Waals surface area contributed by atoms with Crippen LogP contribution in [0.2, 0.25) is 0 Å². The maximum atomic E-state index is 11.8. The Morgan fingerprint density at radius 2 is 2.00 bits per heavy atom. The molecule has 16 heavy (non-hydrogen) atoms. The van der Waals surface area contributed by atoms with Gasteiger partial charge in [-0.2, -0.15) is 0 Å². The van der Waals surface area contributed by atoms with Crippen molar-refractivity contribution in [3.63, 3.8) is 0 Å². The van der Waals surface area contributed by atoms with Crippen molar-refractivity contribution in [2.75, 3.05) is 6.61 Å². The van der Waals surface area contributed by atoms with Crippen LogP contribution in [0.1, 0.15) is 43.1 Å². The Kier molecular flexibility index (Phi) is 4.69. The number of hydrogen-bond donors (Lipinski definition) is 0. The molecule has 0 heterocycles. The van der Waals surface area contributed by atoms with Crippen LogP contribution in [0.15, 0.2) is 18.2 Å². The summed E-state index contributed by atoms with van der Waals surface area (Å²) in [6.07, 6.45) is 0.118. The van der Waals surface area contributed by atoms with Gasteiger partial charge in [0, 0.05) is 13.0 Å². The molecule has 1 unspecified atom stereocenters. The average Bonchev–Trinajstić information content (AvgIpc) is 2.29. The molecule has 1 aromatic carbocycles. The van der Waals surface area contributed by atoms with Gasteiger partial charge in [-0.15, -0.1) is 0 Å². The third kappa shape index (κ3) is 2.70. The summed E-state index contributed by atoms with van der Waals surface area (Å²) < 4.78 is 5.57. The van der Waals surface area contributed by atoms with Gasteiger partial charge in [0.1, 0.15) is 6.10 Å². The zero-order chi connectivity index (χ0) is 12.1. The third-order valence-corrected chi connectivity index (χ3v) is 2.90. The number of rotatable bonds is 5. The molecule has 0 saturated heterocycles. The van der Waals surface area contributed by atoms with E-state index in [1.165, 1.54) is 5.56 Å². The number of hydrogen-bond acceptors (Lipinski definition) is 2. The van der Waals surface area contributed by atoms with E-state index in [1.54, 1.807) is 0 Å². The van der Waals surface area contributed by atoms with E-state index in [0.29, 0.717) is 13.0 Å². The van der Waals surface area contributed by atoms with E-state index < -0.39 is 6.10 Å². The normalized spacial score (nSPS) is 12.5. The van der Waals surface area contributed by atoms with Gasteiger partial charge in [-0.05, 0) is 37.5 Å². The lowest BCUT2D eigenvalue weighted by atomic mass is 9.96. The predicted octanol–water partition coefficient (Wildman–Crippen LogP) is 3.36. The quantitative estimate of drug-likeness (QED) is 0.760. The molecule has 0 aliphatic rings. The zero-order valence-corrected chi connectivity index (χ0v) is 10.5. The molecule has 0 amide bonds. The first kappa shape index (κ1) is 12.9. The van der Waals surface area contributed by atoms with Crippen LogP contribution >= 0.6 is 0 Å². The molecule has 0 fully saturated rings. The minimum absolute atomic E-state index is 0.149. The summed E-state index contributed by atoms with van der Waals surface area (Å²) in [7, 11) is 0. The van der Waals surface area contributed by atoms with Gasteiger partial charge in [0.05, 0.1) is 0 Å². The van der Waals surface area contributed by atoms with E-state index in [-0.39, 0.29) is 5.78 Å². The zero-order valence-electron chi connectivity index (χ0n) is 10.5. The molecule has 0 aliphatic carbocycles. The molecule has 1 aromatic rings. The van der Waals surface area contributed by atoms with Crippen molar-refractivity contribution in [2.24, 2.45) is 0 Å². The van der Waals surface area contributed by atoms with Crippen molar-refractivity contribution in [3.05, 3.63) is 34.9 Å². The highest BCUT2D eigenvalue weighted by Gasteiger charge is 2.21. The highest BCUT2D eigenvalue weighted by Crippen LogP contribution is 2.25. The second kappa shape index (κ2) is 5.80. The van der Waals surface area contributed by atoms with Gasteiger partial charge in [0.2, 0.25) is 0 Å². The summed E-state index contributed by atoms with van der Waals surface area (Å²) in [5.41, 5.74) is 3.36. The van der Waals surface area contributed by atoms with Gasteiger partial charge in [-0.3, -0.25) is 4.79 Å². The van der Waals surface area contributed by atoms with Crippen LogP contribution in [0.3, 0.4) is 0 Å². The van der Waals surface area contributed by atoms with E-state index in [2.05, 4.69) is 13.0 Å². The fourth-order valence-electron chi connectivity index (χ4n) is 1.77. The molecule has 0 spiro atoms. The van der Waals surface area contributed by atoms with Crippen molar-refractivity contribution in [3.8, 4) is 0 Å². The van der Waals surface area contributed by atoms with Gasteiger partial charge in [0.15, 0.2) is 5.78 Å². The lowest BCUT2D eigenvalue weighted by Crippen LogP contribution is -2.16. The fraction of sp³-hybridized carbons (Fsp3) is 0.500. The Labute approximate surface area is 97.6 Å². The number of ether oxygens (including phenoxy) is 1. The Morgan fingerprint density at radius 3 is 2.56 bits per heavy atom. The molecule has 1 atom stereocenters. The average molecular weight is 220 g/mol. The van der Waals surface area contributed by atoms with Crippen LogP contribution in [0.25, 0.3) is 0 Å². The topological polar surface area (TPSA) is 26.3 Å². The summed E-state index contributed by atoms with van der Waals surface area (Å²) in [4.78, 5) is 11.8. The molecule has 0 saturated carbocycles. The predicted molar refractivity (Wildman–Crippen MR) is 65.6 cm³/mol. The van der Waals surface area contributed by atoms with Crippen molar-refractivity contribution >= 4 is 5.78 Å². The molecule has 0 bridgehead atoms. The minimum atomic E-state index is -0.394. The van der Waals surface area contributed by atoms with Gasteiger partial charge in [-0.25, -0.2) is 0 Å². The number of ketones is 1. The van der Waals surface area contributed by atoms with Gasteiger partial charge >= 0.3 is 0 Å². The molecule has 1 rings (SSSR count). The monoisotopic (exact) mass is 220 g/mol. The van der Waals surface area contributed by atoms with Gasteiger partial charge in [0.25, 0.3) is 0 Å². The molecule has 0 radical (unpaired) electrons. The van der Waals surface area contributed by atoms with Crippen molar-refractivity contribution < 1.29 is 9.53 Å². The first-order valence-corrected chi connectivity index (χ1v) is 5.82. The van der Waals surface area contributed by atoms with E-state index in [1.807, 2.05) is 32.9 Å². The first-order chi connectivity index (χ1) is 7.61. The van der Waals surface area contributed by atoms with Crippen molar-refractivity contribution in [1.29, 1.82) is 0 Å². The standard InChI is InChI=1S/C14H20O2/c1-5-13(15)14(16-6-2)12-9-7-8-10(3)11(12)4/h7-9,14H,5-6H2,1-4H3. The minimum Gasteiger partial charge on any atom is -0.366 e. The van der Waals surface area contributed by atoms with Gasteiger partial charge in [-0.1, -0.05) is 25.1 Å². The highest BCUT2D eigenvalue weighted by atomic mass is 16.5. The maximum absolute atomic E-state index is 11.8. The summed E-state index contributed by atoms with van der Waals surface area (Å²) in [6, 6.07) is 6.01. The van der Waals surface area contributed by atoms with Crippen LogP contribution < -0.4 is 0 Å². The first-order valence-electron chi connectivity index (χ1n) is 5.82. The van der Waals surface area contributed by atoms with Crippen molar-refractivity contribution in [2.45, 2.75) is 40.2 Å². The second-order valence-electron chi connectivity index (χ2n) is 3.94. The smallest absolute Gasteiger partial charge is 0.165 e. The van der Waals surface area contributed by atoms with E-state index in [4.69, 9.17) is 4.74 Å². The molecule has 2 nitrogen and oxygen atoms in total. The summed E-state index contributed by atoms with van der Waals surface area (Å²) in [5.74, 6) is 0.149. The molecule has 88 valence electrons. The largest absolute Gasteiger partial charge is 0.366 e. The lowest BCUT2D eigenvalue weighted by molar-refractivity contribution is -0.130. The van der Waals surface area contributed by atoms with Crippen LogP contribution in [0, 0.1) is 13.8 Å². The SMILES string of the molecule is CCOC(C(=O)CC)c1cccc(C)c1C. The fourth-order valence-corrected chi connectivity index (χ4v) is 1.77. The summed E-state index contributed by atoms with van der Waals surface area (Å²) in [6.45, 7) is 8.45. The Hall–Kier alpha value is -1.15. The van der Waals surface area contributed by atoms with Crippen LogP contribution in [0.5, 0.6) is 0 Å². The molecular weight excluding hydrogens is 200 g/mol. The Bertz CT molecular complexity index is 369. The number of aryl methyl sites for hydroxylation is 1. The maximum Gasteiger partial charge on any atom is 0.165 e. The number of carbonyl (C=O) groups excluding carboxylic acids is 1. The summed E-state index contributed by atoms with van der Waals surface area (Å²) >= 11 is 0. The number of benzene rings is 1. The van der Waals surface area contributed by atoms with Crippen molar-refractivity contribution in [1.82, 2.24) is 0 Å². The van der Waals surface area contributed by atoms with Crippen LogP contribution in [-0.2, 0) is 9.53 Å². The van der Waals surface area contributed by atoms with E-state index >= 15 is 0 Å². The number of carbonyl (C=O) groups is 1. The molecule has 2 heteroatoms. The van der Waals surface area contributed by atoms with E-state index in [9.17, 15) is 4.79 Å². The summed E-state index contributed by atoms with van der Waals surface area (Å²) in [5, 5.41) is 0.